The molecule has 0 heterocycles. The number of anilines is 1. The third kappa shape index (κ3) is 4.47. The van der Waals surface area contributed by atoms with E-state index >= 15 is 0 Å². The van der Waals surface area contributed by atoms with Gasteiger partial charge in [-0.3, -0.25) is 4.79 Å². The molecule has 1 atom stereocenters. The van der Waals surface area contributed by atoms with Crippen LogP contribution in [0.2, 0.25) is 0 Å². The summed E-state index contributed by atoms with van der Waals surface area (Å²) in [6.45, 7) is 2.43. The fourth-order valence-corrected chi connectivity index (χ4v) is 1.98. The second-order valence-electron chi connectivity index (χ2n) is 4.87. The van der Waals surface area contributed by atoms with Gasteiger partial charge in [0.1, 0.15) is 0 Å². The van der Waals surface area contributed by atoms with E-state index in [1.807, 2.05) is 30.3 Å². The van der Waals surface area contributed by atoms with Gasteiger partial charge in [-0.2, -0.15) is 0 Å². The molecule has 2 rings (SSSR count). The minimum Gasteiger partial charge on any atom is -0.376 e. The molecule has 0 radical (unpaired) electrons. The molecule has 3 heteroatoms. The number of rotatable bonds is 6. The summed E-state index contributed by atoms with van der Waals surface area (Å²) in [7, 11) is 0. The Balaban J connectivity index is 1.66. The number of hydrogen-bond donors (Lipinski definition) is 2. The average Bonchev–Trinajstić information content (AvgIpc) is 3.11. The van der Waals surface area contributed by atoms with E-state index in [4.69, 9.17) is 0 Å². The quantitative estimate of drug-likeness (QED) is 0.790. The molecular weight excluding hydrogens is 212 g/mol. The number of carbonyl (C=O) groups is 1. The Bertz CT molecular complexity index is 360. The fourth-order valence-electron chi connectivity index (χ4n) is 1.98. The van der Waals surface area contributed by atoms with Crippen LogP contribution < -0.4 is 10.6 Å². The smallest absolute Gasteiger partial charge is 0.239 e. The van der Waals surface area contributed by atoms with Crippen LogP contribution in [-0.2, 0) is 4.79 Å². The Morgan fingerprint density at radius 2 is 2.06 bits per heavy atom. The lowest BCUT2D eigenvalue weighted by Gasteiger charge is -2.14. The Morgan fingerprint density at radius 3 is 2.71 bits per heavy atom. The van der Waals surface area contributed by atoms with Gasteiger partial charge in [0.15, 0.2) is 0 Å². The highest BCUT2D eigenvalue weighted by atomic mass is 16.1. The zero-order valence-electron chi connectivity index (χ0n) is 10.3. The Kier molecular flexibility index (Phi) is 4.02. The van der Waals surface area contributed by atoms with Gasteiger partial charge in [0.2, 0.25) is 5.91 Å². The number of carbonyl (C=O) groups excluding carboxylic acids is 1. The Morgan fingerprint density at radius 1 is 1.35 bits per heavy atom. The largest absolute Gasteiger partial charge is 0.376 e. The molecule has 1 aliphatic rings. The summed E-state index contributed by atoms with van der Waals surface area (Å²) < 4.78 is 0. The van der Waals surface area contributed by atoms with Crippen LogP contribution in [0.4, 0.5) is 5.69 Å². The summed E-state index contributed by atoms with van der Waals surface area (Å²) in [5.74, 6) is 0.925. The van der Waals surface area contributed by atoms with Crippen LogP contribution in [0.5, 0.6) is 0 Å². The maximum Gasteiger partial charge on any atom is 0.239 e. The molecule has 1 aromatic rings. The maximum absolute atomic E-state index is 11.7. The Labute approximate surface area is 103 Å². The first kappa shape index (κ1) is 12.0. The van der Waals surface area contributed by atoms with Crippen LogP contribution in [0.15, 0.2) is 30.3 Å². The molecule has 0 aliphatic heterocycles. The predicted molar refractivity (Wildman–Crippen MR) is 69.9 cm³/mol. The highest BCUT2D eigenvalue weighted by Gasteiger charge is 2.23. The van der Waals surface area contributed by atoms with E-state index in [9.17, 15) is 4.79 Å². The van der Waals surface area contributed by atoms with E-state index in [2.05, 4.69) is 17.6 Å². The van der Waals surface area contributed by atoms with Gasteiger partial charge in [-0.05, 0) is 31.4 Å². The van der Waals surface area contributed by atoms with Gasteiger partial charge in [-0.1, -0.05) is 31.0 Å². The lowest BCUT2D eigenvalue weighted by Crippen LogP contribution is -2.36. The SMILES string of the molecule is CC(CC1CC1)NC(=O)CNc1ccccc1. The molecule has 1 aromatic carbocycles. The third-order valence-electron chi connectivity index (χ3n) is 3.02. The molecule has 0 saturated heterocycles. The molecule has 0 spiro atoms. The molecule has 1 aliphatic carbocycles. The van der Waals surface area contributed by atoms with Crippen molar-refractivity contribution < 1.29 is 4.79 Å². The number of amides is 1. The molecular formula is C14H20N2O. The predicted octanol–water partition coefficient (Wildman–Crippen LogP) is 2.40. The van der Waals surface area contributed by atoms with Crippen LogP contribution in [0.25, 0.3) is 0 Å². The second-order valence-corrected chi connectivity index (χ2v) is 4.87. The van der Waals surface area contributed by atoms with Crippen molar-refractivity contribution >= 4 is 11.6 Å². The lowest BCUT2D eigenvalue weighted by molar-refractivity contribution is -0.120. The molecule has 1 unspecified atom stereocenters. The molecule has 17 heavy (non-hydrogen) atoms. The first-order chi connectivity index (χ1) is 8.24. The summed E-state index contributed by atoms with van der Waals surface area (Å²) in [5.41, 5.74) is 0.984. The van der Waals surface area contributed by atoms with Crippen LogP contribution >= 0.6 is 0 Å². The van der Waals surface area contributed by atoms with Gasteiger partial charge in [0, 0.05) is 11.7 Å². The van der Waals surface area contributed by atoms with E-state index < -0.39 is 0 Å². The number of benzene rings is 1. The van der Waals surface area contributed by atoms with Crippen LogP contribution in [0.1, 0.15) is 26.2 Å². The summed E-state index contributed by atoms with van der Waals surface area (Å²) in [5, 5.41) is 6.13. The minimum atomic E-state index is 0.0713. The van der Waals surface area contributed by atoms with Crippen LogP contribution in [-0.4, -0.2) is 18.5 Å². The maximum atomic E-state index is 11.7. The van der Waals surface area contributed by atoms with E-state index in [0.29, 0.717) is 12.6 Å². The van der Waals surface area contributed by atoms with E-state index in [1.54, 1.807) is 0 Å². The van der Waals surface area contributed by atoms with Gasteiger partial charge < -0.3 is 10.6 Å². The van der Waals surface area contributed by atoms with Crippen LogP contribution in [0.3, 0.4) is 0 Å². The molecule has 92 valence electrons. The van der Waals surface area contributed by atoms with E-state index in [1.165, 1.54) is 12.8 Å². The Hall–Kier alpha value is -1.51. The lowest BCUT2D eigenvalue weighted by atomic mass is 10.1. The van der Waals surface area contributed by atoms with Crippen molar-refractivity contribution in [2.45, 2.75) is 32.2 Å². The number of nitrogens with one attached hydrogen (secondary N) is 2. The van der Waals surface area contributed by atoms with Gasteiger partial charge in [-0.25, -0.2) is 0 Å². The minimum absolute atomic E-state index is 0.0713. The number of para-hydroxylation sites is 1. The van der Waals surface area contributed by atoms with Crippen molar-refractivity contribution in [3.8, 4) is 0 Å². The summed E-state index contributed by atoms with van der Waals surface area (Å²) in [4.78, 5) is 11.7. The van der Waals surface area contributed by atoms with Crippen molar-refractivity contribution in [1.29, 1.82) is 0 Å². The summed E-state index contributed by atoms with van der Waals surface area (Å²) in [6, 6.07) is 10.1. The molecule has 0 bridgehead atoms. The molecule has 3 nitrogen and oxygen atoms in total. The van der Waals surface area contributed by atoms with Gasteiger partial charge >= 0.3 is 0 Å². The summed E-state index contributed by atoms with van der Waals surface area (Å²) in [6.07, 6.45) is 3.79. The van der Waals surface area contributed by atoms with Crippen molar-refractivity contribution in [1.82, 2.24) is 5.32 Å². The first-order valence-electron chi connectivity index (χ1n) is 6.32. The van der Waals surface area contributed by atoms with Gasteiger partial charge in [0.25, 0.3) is 0 Å². The van der Waals surface area contributed by atoms with E-state index in [0.717, 1.165) is 18.0 Å². The van der Waals surface area contributed by atoms with Crippen molar-refractivity contribution in [3.05, 3.63) is 30.3 Å². The van der Waals surface area contributed by atoms with Crippen LogP contribution in [0, 0.1) is 5.92 Å². The molecule has 1 amide bonds. The zero-order valence-corrected chi connectivity index (χ0v) is 10.3. The standard InChI is InChI=1S/C14H20N2O/c1-11(9-12-7-8-12)16-14(17)10-15-13-5-3-2-4-6-13/h2-6,11-12,15H,7-10H2,1H3,(H,16,17). The topological polar surface area (TPSA) is 41.1 Å². The van der Waals surface area contributed by atoms with Crippen molar-refractivity contribution in [2.75, 3.05) is 11.9 Å². The molecule has 1 fully saturated rings. The van der Waals surface area contributed by atoms with Crippen molar-refractivity contribution in [3.63, 3.8) is 0 Å². The monoisotopic (exact) mass is 232 g/mol. The fraction of sp³-hybridized carbons (Fsp3) is 0.500. The second kappa shape index (κ2) is 5.71. The third-order valence-corrected chi connectivity index (χ3v) is 3.02. The molecule has 1 saturated carbocycles. The number of hydrogen-bond acceptors (Lipinski definition) is 2. The summed E-state index contributed by atoms with van der Waals surface area (Å²) >= 11 is 0. The highest BCUT2D eigenvalue weighted by Crippen LogP contribution is 2.33. The molecule has 2 N–H and O–H groups in total. The first-order valence-corrected chi connectivity index (χ1v) is 6.32. The van der Waals surface area contributed by atoms with Crippen molar-refractivity contribution in [2.24, 2.45) is 5.92 Å². The van der Waals surface area contributed by atoms with Gasteiger partial charge in [-0.15, -0.1) is 0 Å². The van der Waals surface area contributed by atoms with Gasteiger partial charge in [0.05, 0.1) is 6.54 Å². The average molecular weight is 232 g/mol. The highest BCUT2D eigenvalue weighted by molar-refractivity contribution is 5.80. The zero-order chi connectivity index (χ0) is 12.1. The normalized spacial score (nSPS) is 16.3. The molecule has 0 aromatic heterocycles. The van der Waals surface area contributed by atoms with E-state index in [-0.39, 0.29) is 5.91 Å².